The molecule has 0 aromatic rings. The Balaban J connectivity index is 1.91. The summed E-state index contributed by atoms with van der Waals surface area (Å²) < 4.78 is 0. The number of halogens is 1. The van der Waals surface area contributed by atoms with Gasteiger partial charge in [0, 0.05) is 12.5 Å². The van der Waals surface area contributed by atoms with Crippen molar-refractivity contribution >= 4 is 29.2 Å². The minimum atomic E-state index is -0.366. The number of ketones is 1. The van der Waals surface area contributed by atoms with E-state index in [1.165, 1.54) is 6.42 Å². The molecule has 6 heteroatoms. The fourth-order valence-corrected chi connectivity index (χ4v) is 3.39. The Bertz CT molecular complexity index is 408. The number of nitrogens with zero attached hydrogens (tertiary/aromatic N) is 1. The zero-order chi connectivity index (χ0) is 15.2. The number of hydrogen-bond donors (Lipinski definition) is 1. The van der Waals surface area contributed by atoms with Gasteiger partial charge >= 0.3 is 0 Å². The molecular formula is C15H23ClN2O3. The molecule has 0 bridgehead atoms. The largest absolute Gasteiger partial charge is 0.348 e. The number of nitrogens with one attached hydrogen (secondary N) is 1. The lowest BCUT2D eigenvalue weighted by Crippen LogP contribution is -2.47. The summed E-state index contributed by atoms with van der Waals surface area (Å²) >= 11 is 5.39. The van der Waals surface area contributed by atoms with Crippen LogP contribution in [0.3, 0.4) is 0 Å². The standard InChI is InChI=1S/C15H23ClN2O3/c16-9-14(20)17-10-13(19)12-7-4-8-18(12)15(21)11-5-2-1-3-6-11/h11-12H,1-10H2,(H,17,20). The van der Waals surface area contributed by atoms with Gasteiger partial charge in [0.2, 0.25) is 11.8 Å². The van der Waals surface area contributed by atoms with E-state index in [4.69, 9.17) is 11.6 Å². The summed E-state index contributed by atoms with van der Waals surface area (Å²) in [6, 6.07) is -0.366. The number of amides is 2. The van der Waals surface area contributed by atoms with Gasteiger partial charge in [-0.1, -0.05) is 19.3 Å². The van der Waals surface area contributed by atoms with Gasteiger partial charge in [-0.05, 0) is 25.7 Å². The smallest absolute Gasteiger partial charge is 0.235 e. The first kappa shape index (κ1) is 16.3. The highest BCUT2D eigenvalue weighted by molar-refractivity contribution is 6.27. The minimum absolute atomic E-state index is 0.0370. The third-order valence-electron chi connectivity index (χ3n) is 4.44. The first-order valence-corrected chi connectivity index (χ1v) is 8.32. The molecule has 1 heterocycles. The molecule has 1 unspecified atom stereocenters. The minimum Gasteiger partial charge on any atom is -0.348 e. The summed E-state index contributed by atoms with van der Waals surface area (Å²) in [5.74, 6) is -0.370. The fourth-order valence-electron chi connectivity index (χ4n) is 3.30. The van der Waals surface area contributed by atoms with E-state index < -0.39 is 0 Å². The SMILES string of the molecule is O=C(CCl)NCC(=O)C1CCCN1C(=O)C1CCCCC1. The van der Waals surface area contributed by atoms with Gasteiger partial charge in [0.05, 0.1) is 12.6 Å². The number of alkyl halides is 1. The molecule has 1 N–H and O–H groups in total. The van der Waals surface area contributed by atoms with Crippen molar-refractivity contribution in [2.45, 2.75) is 51.0 Å². The van der Waals surface area contributed by atoms with Crippen LogP contribution in [0.5, 0.6) is 0 Å². The maximum Gasteiger partial charge on any atom is 0.235 e. The summed E-state index contributed by atoms with van der Waals surface area (Å²) in [5.41, 5.74) is 0. The third-order valence-corrected chi connectivity index (χ3v) is 4.69. The molecule has 5 nitrogen and oxygen atoms in total. The van der Waals surface area contributed by atoms with E-state index in [9.17, 15) is 14.4 Å². The van der Waals surface area contributed by atoms with Gasteiger partial charge in [0.15, 0.2) is 5.78 Å². The Morgan fingerprint density at radius 2 is 1.76 bits per heavy atom. The zero-order valence-corrected chi connectivity index (χ0v) is 13.0. The number of carbonyl (C=O) groups excluding carboxylic acids is 3. The van der Waals surface area contributed by atoms with Gasteiger partial charge in [0.25, 0.3) is 0 Å². The first-order chi connectivity index (χ1) is 10.1. The summed E-state index contributed by atoms with van der Waals surface area (Å²) in [5, 5.41) is 2.49. The van der Waals surface area contributed by atoms with Crippen LogP contribution < -0.4 is 5.32 Å². The monoisotopic (exact) mass is 314 g/mol. The molecular weight excluding hydrogens is 292 g/mol. The van der Waals surface area contributed by atoms with E-state index in [-0.39, 0.29) is 42.0 Å². The van der Waals surface area contributed by atoms with Crippen molar-refractivity contribution in [3.8, 4) is 0 Å². The quantitative estimate of drug-likeness (QED) is 0.782. The summed E-state index contributed by atoms with van der Waals surface area (Å²) in [7, 11) is 0. The number of likely N-dealkylation sites (tertiary alicyclic amines) is 1. The molecule has 21 heavy (non-hydrogen) atoms. The van der Waals surface area contributed by atoms with E-state index in [2.05, 4.69) is 5.32 Å². The van der Waals surface area contributed by atoms with Crippen molar-refractivity contribution in [3.05, 3.63) is 0 Å². The van der Waals surface area contributed by atoms with Crippen LogP contribution in [0.15, 0.2) is 0 Å². The summed E-state index contributed by atoms with van der Waals surface area (Å²) in [4.78, 5) is 37.6. The lowest BCUT2D eigenvalue weighted by atomic mass is 9.88. The number of Topliss-reactive ketones (excluding diaryl/α,β-unsaturated/α-hetero) is 1. The molecule has 2 amide bonds. The highest BCUT2D eigenvalue weighted by Crippen LogP contribution is 2.28. The van der Waals surface area contributed by atoms with Gasteiger partial charge in [0.1, 0.15) is 5.88 Å². The van der Waals surface area contributed by atoms with Crippen LogP contribution in [0.25, 0.3) is 0 Å². The van der Waals surface area contributed by atoms with E-state index in [0.717, 1.165) is 32.1 Å². The van der Waals surface area contributed by atoms with Gasteiger partial charge < -0.3 is 10.2 Å². The average molecular weight is 315 g/mol. The average Bonchev–Trinajstić information content (AvgIpc) is 3.01. The van der Waals surface area contributed by atoms with Crippen molar-refractivity contribution in [2.24, 2.45) is 5.92 Å². The van der Waals surface area contributed by atoms with Gasteiger partial charge in [-0.25, -0.2) is 0 Å². The number of hydrogen-bond acceptors (Lipinski definition) is 3. The Labute approximate surface area is 130 Å². The maximum absolute atomic E-state index is 12.6. The van der Waals surface area contributed by atoms with Crippen molar-refractivity contribution in [1.29, 1.82) is 0 Å². The Morgan fingerprint density at radius 1 is 1.05 bits per heavy atom. The van der Waals surface area contributed by atoms with Crippen LogP contribution in [0.4, 0.5) is 0 Å². The van der Waals surface area contributed by atoms with E-state index in [0.29, 0.717) is 13.0 Å². The molecule has 118 valence electrons. The van der Waals surface area contributed by atoms with Crippen LogP contribution in [0, 0.1) is 5.92 Å². The topological polar surface area (TPSA) is 66.5 Å². The van der Waals surface area contributed by atoms with E-state index >= 15 is 0 Å². The van der Waals surface area contributed by atoms with Crippen molar-refractivity contribution in [2.75, 3.05) is 19.0 Å². The lowest BCUT2D eigenvalue weighted by molar-refractivity contribution is -0.141. The molecule has 0 aromatic carbocycles. The fraction of sp³-hybridized carbons (Fsp3) is 0.800. The molecule has 1 saturated carbocycles. The molecule has 0 spiro atoms. The van der Waals surface area contributed by atoms with Crippen LogP contribution >= 0.6 is 11.6 Å². The second-order valence-corrected chi connectivity index (χ2v) is 6.17. The van der Waals surface area contributed by atoms with Crippen LogP contribution in [0.2, 0.25) is 0 Å². The van der Waals surface area contributed by atoms with Crippen molar-refractivity contribution < 1.29 is 14.4 Å². The predicted molar refractivity (Wildman–Crippen MR) is 80.0 cm³/mol. The molecule has 1 atom stereocenters. The lowest BCUT2D eigenvalue weighted by Gasteiger charge is -2.30. The molecule has 1 aliphatic carbocycles. The molecule has 1 saturated heterocycles. The highest BCUT2D eigenvalue weighted by Gasteiger charge is 2.36. The van der Waals surface area contributed by atoms with Gasteiger partial charge in [-0.2, -0.15) is 0 Å². The Hall–Kier alpha value is -1.10. The Kier molecular flexibility index (Phi) is 6.03. The van der Waals surface area contributed by atoms with E-state index in [1.807, 2.05) is 0 Å². The number of rotatable bonds is 5. The molecule has 1 aliphatic heterocycles. The normalized spacial score (nSPS) is 23.1. The van der Waals surface area contributed by atoms with Crippen LogP contribution in [-0.4, -0.2) is 47.5 Å². The van der Waals surface area contributed by atoms with Gasteiger partial charge in [-0.15, -0.1) is 11.6 Å². The Morgan fingerprint density at radius 3 is 2.43 bits per heavy atom. The van der Waals surface area contributed by atoms with Crippen molar-refractivity contribution in [3.63, 3.8) is 0 Å². The number of carbonyl (C=O) groups is 3. The first-order valence-electron chi connectivity index (χ1n) is 7.79. The maximum atomic E-state index is 12.6. The van der Waals surface area contributed by atoms with Crippen LogP contribution in [0.1, 0.15) is 44.9 Å². The predicted octanol–water partition coefficient (Wildman–Crippen LogP) is 1.48. The van der Waals surface area contributed by atoms with Crippen molar-refractivity contribution in [1.82, 2.24) is 10.2 Å². The van der Waals surface area contributed by atoms with Gasteiger partial charge in [-0.3, -0.25) is 14.4 Å². The summed E-state index contributed by atoms with van der Waals surface area (Å²) in [6.07, 6.45) is 6.87. The van der Waals surface area contributed by atoms with Crippen LogP contribution in [-0.2, 0) is 14.4 Å². The summed E-state index contributed by atoms with van der Waals surface area (Å²) in [6.45, 7) is 0.625. The third kappa shape index (κ3) is 4.19. The second-order valence-electron chi connectivity index (χ2n) is 5.90. The zero-order valence-electron chi connectivity index (χ0n) is 12.3. The second kappa shape index (κ2) is 7.78. The molecule has 0 radical (unpaired) electrons. The molecule has 2 aliphatic rings. The molecule has 0 aromatic heterocycles. The molecule has 2 fully saturated rings. The molecule has 2 rings (SSSR count). The van der Waals surface area contributed by atoms with E-state index in [1.54, 1.807) is 4.90 Å². The highest BCUT2D eigenvalue weighted by atomic mass is 35.5.